The van der Waals surface area contributed by atoms with Gasteiger partial charge in [-0.3, -0.25) is 0 Å². The minimum absolute atomic E-state index is 0.351. The number of sulfonamides is 1. The van der Waals surface area contributed by atoms with E-state index in [-0.39, 0.29) is 0 Å². The molecule has 0 aromatic heterocycles. The van der Waals surface area contributed by atoms with Gasteiger partial charge in [0.15, 0.2) is 0 Å². The highest BCUT2D eigenvalue weighted by molar-refractivity contribution is 7.89. The summed E-state index contributed by atoms with van der Waals surface area (Å²) in [5, 5.41) is 0. The lowest BCUT2D eigenvalue weighted by Gasteiger charge is -2.18. The molecule has 18 heavy (non-hydrogen) atoms. The molecule has 1 N–H and O–H groups in total. The Bertz CT molecular complexity index is 550. The van der Waals surface area contributed by atoms with E-state index in [1.165, 1.54) is 6.42 Å². The predicted octanol–water partition coefficient (Wildman–Crippen LogP) is 2.18. The lowest BCUT2D eigenvalue weighted by atomic mass is 9.94. The summed E-state index contributed by atoms with van der Waals surface area (Å²) in [5.74, 6) is 1.73. The molecule has 0 radical (unpaired) electrons. The first-order valence-corrected chi connectivity index (χ1v) is 7.86. The van der Waals surface area contributed by atoms with E-state index in [2.05, 4.69) is 16.9 Å². The molecule has 1 saturated carbocycles. The van der Waals surface area contributed by atoms with Crippen molar-refractivity contribution in [3.8, 4) is 0 Å². The van der Waals surface area contributed by atoms with Crippen molar-refractivity contribution in [3.63, 3.8) is 0 Å². The van der Waals surface area contributed by atoms with Crippen molar-refractivity contribution < 1.29 is 8.42 Å². The van der Waals surface area contributed by atoms with Crippen molar-refractivity contribution in [1.82, 2.24) is 4.72 Å². The van der Waals surface area contributed by atoms with E-state index in [0.717, 1.165) is 6.42 Å². The molecule has 3 atom stereocenters. The van der Waals surface area contributed by atoms with Crippen LogP contribution in [0.2, 0.25) is 0 Å². The number of benzene rings is 1. The zero-order valence-corrected chi connectivity index (χ0v) is 10.9. The molecule has 4 heteroatoms. The maximum absolute atomic E-state index is 12.1. The van der Waals surface area contributed by atoms with Gasteiger partial charge >= 0.3 is 0 Å². The first kappa shape index (κ1) is 11.9. The Kier molecular flexibility index (Phi) is 2.99. The van der Waals surface area contributed by atoms with Gasteiger partial charge in [0.1, 0.15) is 0 Å². The van der Waals surface area contributed by atoms with Crippen molar-refractivity contribution in [2.75, 3.05) is 6.54 Å². The van der Waals surface area contributed by atoms with Crippen LogP contribution in [0.25, 0.3) is 0 Å². The molecule has 2 aliphatic rings. The molecule has 0 spiro atoms. The first-order valence-electron chi connectivity index (χ1n) is 6.38. The van der Waals surface area contributed by atoms with Crippen molar-refractivity contribution in [2.45, 2.75) is 17.7 Å². The molecule has 1 fully saturated rings. The van der Waals surface area contributed by atoms with Crippen LogP contribution in [0, 0.1) is 17.8 Å². The van der Waals surface area contributed by atoms with Gasteiger partial charge in [-0.05, 0) is 42.7 Å². The second-order valence-corrected chi connectivity index (χ2v) is 6.97. The highest BCUT2D eigenvalue weighted by Gasteiger charge is 2.35. The average Bonchev–Trinajstić information content (AvgIpc) is 3.00. The summed E-state index contributed by atoms with van der Waals surface area (Å²) in [5.41, 5.74) is 0. The van der Waals surface area contributed by atoms with E-state index in [4.69, 9.17) is 0 Å². The Morgan fingerprint density at radius 3 is 2.50 bits per heavy atom. The average molecular weight is 263 g/mol. The van der Waals surface area contributed by atoms with Crippen molar-refractivity contribution in [2.24, 2.45) is 17.8 Å². The van der Waals surface area contributed by atoms with E-state index in [0.29, 0.717) is 29.2 Å². The maximum Gasteiger partial charge on any atom is 0.240 e. The number of rotatable bonds is 4. The summed E-state index contributed by atoms with van der Waals surface area (Å²) in [7, 11) is -3.34. The second-order valence-electron chi connectivity index (χ2n) is 5.21. The van der Waals surface area contributed by atoms with E-state index in [1.54, 1.807) is 24.3 Å². The van der Waals surface area contributed by atoms with Crippen LogP contribution in [0.15, 0.2) is 47.4 Å². The lowest BCUT2D eigenvalue weighted by molar-refractivity contribution is 0.440. The molecule has 0 heterocycles. The van der Waals surface area contributed by atoms with Crippen molar-refractivity contribution in [3.05, 3.63) is 42.5 Å². The Morgan fingerprint density at radius 1 is 1.11 bits per heavy atom. The van der Waals surface area contributed by atoms with Crippen LogP contribution in [-0.2, 0) is 10.0 Å². The van der Waals surface area contributed by atoms with Gasteiger partial charge in [-0.25, -0.2) is 13.1 Å². The quantitative estimate of drug-likeness (QED) is 0.846. The molecule has 2 aliphatic carbocycles. The summed E-state index contributed by atoms with van der Waals surface area (Å²) in [6.45, 7) is 0.558. The van der Waals surface area contributed by atoms with Gasteiger partial charge < -0.3 is 0 Å². The standard InChI is InChI=1S/C14H17NO2S/c16-18(17,14-4-2-1-3-5-14)15-10-13-9-11-6-7-12(13)8-11/h1-7,11-13,15H,8-10H2/t11-,12-,13+/m0/s1. The summed E-state index contributed by atoms with van der Waals surface area (Å²) < 4.78 is 26.9. The molecule has 1 aromatic rings. The molecule has 96 valence electrons. The minimum atomic E-state index is -3.34. The predicted molar refractivity (Wildman–Crippen MR) is 70.5 cm³/mol. The van der Waals surface area contributed by atoms with Crippen LogP contribution < -0.4 is 4.72 Å². The van der Waals surface area contributed by atoms with Gasteiger partial charge in [0.25, 0.3) is 0 Å². The zero-order chi connectivity index (χ0) is 12.6. The fourth-order valence-electron chi connectivity index (χ4n) is 3.03. The molecule has 0 unspecified atom stereocenters. The normalized spacial score (nSPS) is 29.9. The molecule has 0 saturated heterocycles. The largest absolute Gasteiger partial charge is 0.240 e. The van der Waals surface area contributed by atoms with Gasteiger partial charge in [-0.2, -0.15) is 0 Å². The Balaban J connectivity index is 1.65. The van der Waals surface area contributed by atoms with E-state index in [9.17, 15) is 8.42 Å². The van der Waals surface area contributed by atoms with Gasteiger partial charge in [0.05, 0.1) is 4.90 Å². The highest BCUT2D eigenvalue weighted by Crippen LogP contribution is 2.43. The molecular weight excluding hydrogens is 246 g/mol. The van der Waals surface area contributed by atoms with E-state index < -0.39 is 10.0 Å². The molecule has 0 amide bonds. The Labute approximate surface area is 108 Å². The third-order valence-electron chi connectivity index (χ3n) is 4.01. The lowest BCUT2D eigenvalue weighted by Crippen LogP contribution is -2.31. The summed E-state index contributed by atoms with van der Waals surface area (Å²) in [4.78, 5) is 0.351. The van der Waals surface area contributed by atoms with Gasteiger partial charge in [-0.15, -0.1) is 0 Å². The van der Waals surface area contributed by atoms with Gasteiger partial charge in [-0.1, -0.05) is 30.4 Å². The van der Waals surface area contributed by atoms with Crippen LogP contribution >= 0.6 is 0 Å². The summed E-state index contributed by atoms with van der Waals surface area (Å²) >= 11 is 0. The zero-order valence-electron chi connectivity index (χ0n) is 10.1. The van der Waals surface area contributed by atoms with Crippen molar-refractivity contribution in [1.29, 1.82) is 0 Å². The summed E-state index contributed by atoms with van der Waals surface area (Å²) in [6, 6.07) is 8.56. The fraction of sp³-hybridized carbons (Fsp3) is 0.429. The van der Waals surface area contributed by atoms with Gasteiger partial charge in [0, 0.05) is 6.54 Å². The minimum Gasteiger partial charge on any atom is -0.211 e. The molecular formula is C14H17NO2S. The smallest absolute Gasteiger partial charge is 0.211 e. The molecule has 3 rings (SSSR count). The van der Waals surface area contributed by atoms with Crippen molar-refractivity contribution >= 4 is 10.0 Å². The fourth-order valence-corrected chi connectivity index (χ4v) is 4.14. The van der Waals surface area contributed by atoms with Gasteiger partial charge in [0.2, 0.25) is 10.0 Å². The number of fused-ring (bicyclic) bond motifs is 2. The van der Waals surface area contributed by atoms with Crippen LogP contribution in [0.1, 0.15) is 12.8 Å². The highest BCUT2D eigenvalue weighted by atomic mass is 32.2. The Morgan fingerprint density at radius 2 is 1.89 bits per heavy atom. The Hall–Kier alpha value is -1.13. The van der Waals surface area contributed by atoms with Crippen LogP contribution in [0.5, 0.6) is 0 Å². The number of hydrogen-bond acceptors (Lipinski definition) is 2. The first-order chi connectivity index (χ1) is 8.65. The third-order valence-corrected chi connectivity index (χ3v) is 5.44. The molecule has 2 bridgehead atoms. The molecule has 1 aromatic carbocycles. The van der Waals surface area contributed by atoms with Crippen LogP contribution in [-0.4, -0.2) is 15.0 Å². The molecule has 3 nitrogen and oxygen atoms in total. The third kappa shape index (κ3) is 2.22. The van der Waals surface area contributed by atoms with E-state index >= 15 is 0 Å². The van der Waals surface area contributed by atoms with E-state index in [1.807, 2.05) is 6.07 Å². The van der Waals surface area contributed by atoms with Crippen LogP contribution in [0.4, 0.5) is 0 Å². The number of allylic oxidation sites excluding steroid dienone is 2. The monoisotopic (exact) mass is 263 g/mol. The SMILES string of the molecule is O=S(=O)(NC[C@H]1C[C@H]2C=C[C@H]1C2)c1ccccc1. The topological polar surface area (TPSA) is 46.2 Å². The maximum atomic E-state index is 12.1. The number of nitrogens with one attached hydrogen (secondary N) is 1. The van der Waals surface area contributed by atoms with Crippen LogP contribution in [0.3, 0.4) is 0 Å². The summed E-state index contributed by atoms with van der Waals surface area (Å²) in [6.07, 6.45) is 6.85. The molecule has 0 aliphatic heterocycles. The second kappa shape index (κ2) is 4.52. The number of hydrogen-bond donors (Lipinski definition) is 1.